The highest BCUT2D eigenvalue weighted by molar-refractivity contribution is 7.92. The molecule has 0 radical (unpaired) electrons. The Morgan fingerprint density at radius 2 is 1.44 bits per heavy atom. The second-order valence-electron chi connectivity index (χ2n) is 7.68. The Kier molecular flexibility index (Phi) is 6.33. The van der Waals surface area contributed by atoms with Crippen LogP contribution in [0.25, 0.3) is 5.82 Å². The first-order valence-electron chi connectivity index (χ1n) is 10.9. The number of aromatic nitrogens is 4. The van der Waals surface area contributed by atoms with Crippen LogP contribution >= 0.6 is 0 Å². The van der Waals surface area contributed by atoms with Gasteiger partial charge in [0.15, 0.2) is 0 Å². The fraction of sp³-hybridized carbons (Fsp3) is 0.0385. The first-order chi connectivity index (χ1) is 17.5. The normalized spacial score (nSPS) is 11.1. The molecule has 0 bridgehead atoms. The topological polar surface area (TPSA) is 108 Å². The number of aryl methyl sites for hydroxylation is 1. The van der Waals surface area contributed by atoms with E-state index in [1.165, 1.54) is 18.5 Å². The Morgan fingerprint density at radius 3 is 2.14 bits per heavy atom. The second kappa shape index (κ2) is 9.88. The molecule has 3 aromatic carbocycles. The van der Waals surface area contributed by atoms with Crippen LogP contribution in [0.5, 0.6) is 23.1 Å². The van der Waals surface area contributed by atoms with Gasteiger partial charge in [0.1, 0.15) is 35.2 Å². The molecule has 10 heteroatoms. The number of anilines is 1. The minimum Gasteiger partial charge on any atom is -0.457 e. The number of nitrogens with one attached hydrogen (secondary N) is 1. The quantitative estimate of drug-likeness (QED) is 0.306. The van der Waals surface area contributed by atoms with E-state index < -0.39 is 10.0 Å². The van der Waals surface area contributed by atoms with E-state index in [1.54, 1.807) is 54.9 Å². The van der Waals surface area contributed by atoms with E-state index in [1.807, 2.05) is 41.8 Å². The average Bonchev–Trinajstić information content (AvgIpc) is 3.32. The van der Waals surface area contributed by atoms with E-state index in [4.69, 9.17) is 9.47 Å². The van der Waals surface area contributed by atoms with Gasteiger partial charge in [-0.1, -0.05) is 18.2 Å². The van der Waals surface area contributed by atoms with Gasteiger partial charge in [-0.05, 0) is 67.6 Å². The van der Waals surface area contributed by atoms with Crippen molar-refractivity contribution in [3.05, 3.63) is 109 Å². The van der Waals surface area contributed by atoms with Crippen molar-refractivity contribution >= 4 is 15.7 Å². The van der Waals surface area contributed by atoms with Crippen LogP contribution in [-0.2, 0) is 10.0 Å². The van der Waals surface area contributed by atoms with Crippen molar-refractivity contribution in [2.75, 3.05) is 4.72 Å². The van der Waals surface area contributed by atoms with Crippen molar-refractivity contribution in [2.24, 2.45) is 0 Å². The monoisotopic (exact) mass is 499 g/mol. The van der Waals surface area contributed by atoms with Gasteiger partial charge in [0.25, 0.3) is 10.0 Å². The van der Waals surface area contributed by atoms with E-state index in [-0.39, 0.29) is 4.90 Å². The maximum atomic E-state index is 12.8. The minimum absolute atomic E-state index is 0.117. The van der Waals surface area contributed by atoms with Crippen molar-refractivity contribution in [2.45, 2.75) is 11.8 Å². The van der Waals surface area contributed by atoms with Crippen LogP contribution < -0.4 is 14.2 Å². The van der Waals surface area contributed by atoms with Crippen molar-refractivity contribution in [1.29, 1.82) is 0 Å². The zero-order chi connectivity index (χ0) is 25.0. The third-order valence-electron chi connectivity index (χ3n) is 5.14. The van der Waals surface area contributed by atoms with E-state index in [0.29, 0.717) is 34.6 Å². The summed E-state index contributed by atoms with van der Waals surface area (Å²) in [4.78, 5) is 12.7. The molecule has 5 rings (SSSR count). The zero-order valence-electron chi connectivity index (χ0n) is 19.1. The summed E-state index contributed by atoms with van der Waals surface area (Å²) in [6.45, 7) is 1.87. The van der Waals surface area contributed by atoms with Crippen LogP contribution in [0.4, 0.5) is 5.69 Å². The number of hydrogen-bond acceptors (Lipinski definition) is 7. The highest BCUT2D eigenvalue weighted by atomic mass is 32.2. The van der Waals surface area contributed by atoms with Crippen LogP contribution in [0.15, 0.2) is 109 Å². The van der Waals surface area contributed by atoms with Crippen LogP contribution in [-0.4, -0.2) is 27.9 Å². The number of hydrogen-bond donors (Lipinski definition) is 1. The molecule has 5 aromatic rings. The van der Waals surface area contributed by atoms with Gasteiger partial charge in [-0.15, -0.1) is 0 Å². The van der Waals surface area contributed by atoms with Gasteiger partial charge in [0.05, 0.1) is 4.90 Å². The summed E-state index contributed by atoms with van der Waals surface area (Å²) in [6, 6.07) is 23.7. The van der Waals surface area contributed by atoms with Gasteiger partial charge >= 0.3 is 0 Å². The van der Waals surface area contributed by atoms with E-state index in [9.17, 15) is 8.42 Å². The van der Waals surface area contributed by atoms with E-state index in [2.05, 4.69) is 19.7 Å². The second-order valence-corrected chi connectivity index (χ2v) is 9.36. The predicted molar refractivity (Wildman–Crippen MR) is 134 cm³/mol. The molecular formula is C26H21N5O4S. The number of rotatable bonds is 8. The van der Waals surface area contributed by atoms with Gasteiger partial charge in [0.2, 0.25) is 5.88 Å². The summed E-state index contributed by atoms with van der Waals surface area (Å²) in [5.74, 6) is 3.46. The lowest BCUT2D eigenvalue weighted by Crippen LogP contribution is -2.12. The Morgan fingerprint density at radius 1 is 0.778 bits per heavy atom. The molecule has 0 saturated carbocycles. The average molecular weight is 500 g/mol. The van der Waals surface area contributed by atoms with Gasteiger partial charge in [-0.25, -0.2) is 23.4 Å². The number of sulfonamides is 1. The molecule has 180 valence electrons. The van der Waals surface area contributed by atoms with Gasteiger partial charge in [-0.2, -0.15) is 0 Å². The van der Waals surface area contributed by atoms with Crippen molar-refractivity contribution < 1.29 is 17.9 Å². The number of benzene rings is 3. The van der Waals surface area contributed by atoms with Gasteiger partial charge < -0.3 is 9.47 Å². The number of para-hydroxylation sites is 1. The van der Waals surface area contributed by atoms with Crippen molar-refractivity contribution in [3.63, 3.8) is 0 Å². The highest BCUT2D eigenvalue weighted by Gasteiger charge is 2.15. The molecule has 0 saturated heterocycles. The van der Waals surface area contributed by atoms with E-state index >= 15 is 0 Å². The molecule has 36 heavy (non-hydrogen) atoms. The SMILES string of the molecule is Cc1nccn1-c1cc(Oc2ccc(NS(=O)(=O)c3ccc(Oc4ccccc4)cc3)cc2)ncn1. The Hall–Kier alpha value is -4.70. The third kappa shape index (κ3) is 5.34. The van der Waals surface area contributed by atoms with Crippen LogP contribution in [0.3, 0.4) is 0 Å². The lowest BCUT2D eigenvalue weighted by atomic mass is 10.3. The Balaban J connectivity index is 1.24. The summed E-state index contributed by atoms with van der Waals surface area (Å²) in [7, 11) is -3.79. The van der Waals surface area contributed by atoms with Crippen molar-refractivity contribution in [1.82, 2.24) is 19.5 Å². The molecule has 0 amide bonds. The lowest BCUT2D eigenvalue weighted by molar-refractivity contribution is 0.461. The summed E-state index contributed by atoms with van der Waals surface area (Å²) in [6.07, 6.45) is 4.89. The van der Waals surface area contributed by atoms with Crippen molar-refractivity contribution in [3.8, 4) is 28.9 Å². The number of imidazole rings is 1. The first-order valence-corrected chi connectivity index (χ1v) is 12.4. The van der Waals surface area contributed by atoms with Crippen LogP contribution in [0.2, 0.25) is 0 Å². The maximum absolute atomic E-state index is 12.8. The molecule has 0 fully saturated rings. The van der Waals surface area contributed by atoms with Crippen LogP contribution in [0, 0.1) is 6.92 Å². The molecule has 2 heterocycles. The van der Waals surface area contributed by atoms with E-state index in [0.717, 1.165) is 5.82 Å². The summed E-state index contributed by atoms with van der Waals surface area (Å²) in [5.41, 5.74) is 0.393. The third-order valence-corrected chi connectivity index (χ3v) is 6.54. The zero-order valence-corrected chi connectivity index (χ0v) is 20.0. The van der Waals surface area contributed by atoms with Gasteiger partial charge in [0, 0.05) is 24.1 Å². The van der Waals surface area contributed by atoms with Gasteiger partial charge in [-0.3, -0.25) is 9.29 Å². The number of nitrogens with zero attached hydrogens (tertiary/aromatic N) is 4. The molecule has 0 aliphatic carbocycles. The Bertz CT molecular complexity index is 1570. The number of ether oxygens (including phenoxy) is 2. The van der Waals surface area contributed by atoms with Crippen LogP contribution in [0.1, 0.15) is 5.82 Å². The first kappa shape index (κ1) is 23.1. The smallest absolute Gasteiger partial charge is 0.261 e. The molecule has 0 atom stereocenters. The molecular weight excluding hydrogens is 478 g/mol. The molecule has 0 aliphatic heterocycles. The molecule has 0 aliphatic rings. The standard InChI is InChI=1S/C26H21N5O4S/c1-19-27-15-16-31(19)25-17-26(29-18-28-25)35-23-9-7-20(8-10-23)30-36(32,33)24-13-11-22(12-14-24)34-21-5-3-2-4-6-21/h2-18,30H,1H3. The highest BCUT2D eigenvalue weighted by Crippen LogP contribution is 2.26. The molecule has 9 nitrogen and oxygen atoms in total. The maximum Gasteiger partial charge on any atom is 0.261 e. The fourth-order valence-electron chi connectivity index (χ4n) is 3.37. The summed E-state index contributed by atoms with van der Waals surface area (Å²) >= 11 is 0. The molecule has 0 unspecified atom stereocenters. The molecule has 2 aromatic heterocycles. The minimum atomic E-state index is -3.79. The molecule has 0 spiro atoms. The lowest BCUT2D eigenvalue weighted by Gasteiger charge is -2.11. The predicted octanol–water partition coefficient (Wildman–Crippen LogP) is 5.36. The largest absolute Gasteiger partial charge is 0.457 e. The fourth-order valence-corrected chi connectivity index (χ4v) is 4.43. The Labute approximate surface area is 208 Å². The summed E-state index contributed by atoms with van der Waals surface area (Å²) < 4.78 is 41.5. The summed E-state index contributed by atoms with van der Waals surface area (Å²) in [5, 5.41) is 0. The molecule has 1 N–H and O–H groups in total.